The topological polar surface area (TPSA) is 66.2 Å². The first-order valence-corrected chi connectivity index (χ1v) is 10.3. The highest BCUT2D eigenvalue weighted by atomic mass is 35.5. The largest absolute Gasteiger partial charge is 0.332 e. The number of halogens is 1. The highest BCUT2D eigenvalue weighted by Gasteiger charge is 2.25. The van der Waals surface area contributed by atoms with Crippen LogP contribution in [0.2, 0.25) is 5.02 Å². The van der Waals surface area contributed by atoms with E-state index in [1.54, 1.807) is 19.2 Å². The van der Waals surface area contributed by atoms with E-state index in [4.69, 9.17) is 16.6 Å². The smallest absolute Gasteiger partial charge is 0.311 e. The lowest BCUT2D eigenvalue weighted by Gasteiger charge is -2.13. The highest BCUT2D eigenvalue weighted by Crippen LogP contribution is 2.33. The van der Waals surface area contributed by atoms with Crippen molar-refractivity contribution in [3.63, 3.8) is 0 Å². The molecule has 5 rings (SSSR count). The predicted molar refractivity (Wildman–Crippen MR) is 113 cm³/mol. The van der Waals surface area contributed by atoms with Crippen LogP contribution in [0.15, 0.2) is 40.1 Å². The number of aryl methyl sites for hydroxylation is 2. The second-order valence-corrected chi connectivity index (χ2v) is 8.33. The summed E-state index contributed by atoms with van der Waals surface area (Å²) < 4.78 is 6.81. The minimum Gasteiger partial charge on any atom is -0.311 e. The Balaban J connectivity index is 1.75. The van der Waals surface area contributed by atoms with E-state index >= 15 is 0 Å². The van der Waals surface area contributed by atoms with E-state index in [0.717, 1.165) is 29.9 Å². The molecule has 0 N–H and O–H groups in total. The van der Waals surface area contributed by atoms with Crippen LogP contribution in [0.25, 0.3) is 16.9 Å². The Hall–Kier alpha value is -2.80. The molecule has 0 bridgehead atoms. The molecular weight excluding hydrogens is 390 g/mol. The summed E-state index contributed by atoms with van der Waals surface area (Å²) >= 11 is 5.95. The zero-order chi connectivity index (χ0) is 20.3. The average Bonchev–Trinajstić information content (AvgIpc) is 3.40. The highest BCUT2D eigenvalue weighted by molar-refractivity contribution is 6.30. The molecule has 0 atom stereocenters. The first-order valence-electron chi connectivity index (χ1n) is 9.89. The number of rotatable bonds is 3. The van der Waals surface area contributed by atoms with Gasteiger partial charge in [0.1, 0.15) is 0 Å². The van der Waals surface area contributed by atoms with Gasteiger partial charge in [-0.05, 0) is 37.5 Å². The Labute approximate surface area is 171 Å². The Morgan fingerprint density at radius 2 is 1.83 bits per heavy atom. The lowest BCUT2D eigenvalue weighted by molar-refractivity contribution is 0.520. The molecule has 1 aromatic carbocycles. The van der Waals surface area contributed by atoms with Gasteiger partial charge >= 0.3 is 5.69 Å². The minimum atomic E-state index is -0.373. The summed E-state index contributed by atoms with van der Waals surface area (Å²) in [7, 11) is 1.67. The van der Waals surface area contributed by atoms with Crippen molar-refractivity contribution in [3.05, 3.63) is 67.6 Å². The van der Waals surface area contributed by atoms with Crippen molar-refractivity contribution in [1.29, 1.82) is 0 Å². The van der Waals surface area contributed by atoms with Crippen LogP contribution in [0.4, 0.5) is 0 Å². The quantitative estimate of drug-likeness (QED) is 0.519. The molecule has 8 heteroatoms. The zero-order valence-electron chi connectivity index (χ0n) is 16.4. The summed E-state index contributed by atoms with van der Waals surface area (Å²) in [6, 6.07) is 7.56. The Kier molecular flexibility index (Phi) is 4.17. The van der Waals surface area contributed by atoms with Crippen LogP contribution in [0.5, 0.6) is 0 Å². The average molecular weight is 412 g/mol. The minimum absolute atomic E-state index is 0.189. The molecule has 3 heterocycles. The third kappa shape index (κ3) is 2.75. The molecule has 0 radical (unpaired) electrons. The number of benzene rings is 1. The van der Waals surface area contributed by atoms with Gasteiger partial charge in [-0.15, -0.1) is 0 Å². The van der Waals surface area contributed by atoms with E-state index in [9.17, 15) is 9.59 Å². The molecule has 0 saturated heterocycles. The second kappa shape index (κ2) is 6.62. The second-order valence-electron chi connectivity index (χ2n) is 7.89. The number of fused-ring (bicyclic) bond motifs is 3. The lowest BCUT2D eigenvalue weighted by atomic mass is 10.2. The molecule has 1 saturated carbocycles. The summed E-state index contributed by atoms with van der Waals surface area (Å²) in [5.74, 6) is 0.737. The van der Waals surface area contributed by atoms with Crippen molar-refractivity contribution in [2.45, 2.75) is 45.2 Å². The standard InChI is InChI=1S/C21H22ClN5O2/c1-13-11-25-17-18(23-20(25)27(13)16-5-3-4-6-16)24(2)21(29)26(19(17)28)12-14-7-9-15(22)10-8-14/h7-11,16H,3-6,12H2,1-2H3. The van der Waals surface area contributed by atoms with Crippen LogP contribution in [0, 0.1) is 6.92 Å². The Morgan fingerprint density at radius 1 is 1.14 bits per heavy atom. The van der Waals surface area contributed by atoms with Crippen molar-refractivity contribution in [1.82, 2.24) is 23.1 Å². The van der Waals surface area contributed by atoms with Crippen LogP contribution < -0.4 is 11.2 Å². The molecule has 4 aromatic rings. The van der Waals surface area contributed by atoms with Crippen molar-refractivity contribution in [2.75, 3.05) is 0 Å². The lowest BCUT2D eigenvalue weighted by Crippen LogP contribution is -2.39. The predicted octanol–water partition coefficient (Wildman–Crippen LogP) is 3.27. The third-order valence-corrected chi connectivity index (χ3v) is 6.26. The van der Waals surface area contributed by atoms with Gasteiger partial charge in [-0.1, -0.05) is 36.6 Å². The van der Waals surface area contributed by atoms with Gasteiger partial charge in [-0.2, -0.15) is 4.98 Å². The van der Waals surface area contributed by atoms with E-state index in [1.807, 2.05) is 29.7 Å². The fourth-order valence-corrected chi connectivity index (χ4v) is 4.68. The molecule has 0 unspecified atom stereocenters. The van der Waals surface area contributed by atoms with Gasteiger partial charge in [0.05, 0.1) is 6.54 Å². The van der Waals surface area contributed by atoms with E-state index in [1.165, 1.54) is 22.0 Å². The molecule has 0 amide bonds. The van der Waals surface area contributed by atoms with Crippen molar-refractivity contribution < 1.29 is 0 Å². The molecule has 1 aliphatic rings. The zero-order valence-corrected chi connectivity index (χ0v) is 17.2. The van der Waals surface area contributed by atoms with Crippen LogP contribution >= 0.6 is 11.6 Å². The maximum Gasteiger partial charge on any atom is 0.332 e. The third-order valence-electron chi connectivity index (χ3n) is 6.01. The van der Waals surface area contributed by atoms with E-state index < -0.39 is 0 Å². The maximum absolute atomic E-state index is 13.3. The fourth-order valence-electron chi connectivity index (χ4n) is 4.55. The van der Waals surface area contributed by atoms with E-state index in [0.29, 0.717) is 22.2 Å². The monoisotopic (exact) mass is 411 g/mol. The summed E-state index contributed by atoms with van der Waals surface area (Å²) in [4.78, 5) is 31.0. The van der Waals surface area contributed by atoms with Gasteiger partial charge in [0.25, 0.3) is 5.56 Å². The van der Waals surface area contributed by atoms with Crippen LogP contribution in [-0.4, -0.2) is 23.1 Å². The number of hydrogen-bond acceptors (Lipinski definition) is 3. The van der Waals surface area contributed by atoms with Gasteiger partial charge < -0.3 is 4.57 Å². The van der Waals surface area contributed by atoms with Gasteiger partial charge in [0, 0.05) is 30.0 Å². The summed E-state index contributed by atoms with van der Waals surface area (Å²) in [6.45, 7) is 2.24. The summed E-state index contributed by atoms with van der Waals surface area (Å²) in [5, 5.41) is 0.616. The van der Waals surface area contributed by atoms with Gasteiger partial charge in [0.15, 0.2) is 11.2 Å². The number of nitrogens with zero attached hydrogens (tertiary/aromatic N) is 5. The molecule has 3 aromatic heterocycles. The number of hydrogen-bond donors (Lipinski definition) is 0. The van der Waals surface area contributed by atoms with Crippen LogP contribution in [0.3, 0.4) is 0 Å². The van der Waals surface area contributed by atoms with Gasteiger partial charge in [-0.3, -0.25) is 18.3 Å². The molecule has 1 aliphatic carbocycles. The molecule has 7 nitrogen and oxygen atoms in total. The molecule has 150 valence electrons. The molecule has 0 aliphatic heterocycles. The normalized spacial score (nSPS) is 15.1. The summed E-state index contributed by atoms with van der Waals surface area (Å²) in [5.41, 5.74) is 2.09. The first-order chi connectivity index (χ1) is 14.0. The van der Waals surface area contributed by atoms with Crippen molar-refractivity contribution in [3.8, 4) is 0 Å². The van der Waals surface area contributed by atoms with Crippen LogP contribution in [0.1, 0.15) is 43.0 Å². The molecular formula is C21H22ClN5O2. The van der Waals surface area contributed by atoms with Gasteiger partial charge in [0.2, 0.25) is 5.78 Å². The molecule has 0 spiro atoms. The Morgan fingerprint density at radius 3 is 2.52 bits per heavy atom. The van der Waals surface area contributed by atoms with Gasteiger partial charge in [-0.25, -0.2) is 4.79 Å². The Bertz CT molecular complexity index is 1350. The van der Waals surface area contributed by atoms with Crippen LogP contribution in [-0.2, 0) is 13.6 Å². The van der Waals surface area contributed by atoms with Crippen molar-refractivity contribution >= 4 is 28.5 Å². The van der Waals surface area contributed by atoms with E-state index in [-0.39, 0.29) is 17.8 Å². The van der Waals surface area contributed by atoms with Crippen molar-refractivity contribution in [2.24, 2.45) is 7.05 Å². The van der Waals surface area contributed by atoms with E-state index in [2.05, 4.69) is 4.57 Å². The molecule has 1 fully saturated rings. The molecule has 29 heavy (non-hydrogen) atoms. The number of imidazole rings is 2. The summed E-state index contributed by atoms with van der Waals surface area (Å²) in [6.07, 6.45) is 6.62. The first kappa shape index (κ1) is 18.2. The number of aromatic nitrogens is 5. The SMILES string of the molecule is Cc1cn2c3c(=O)n(Cc4ccc(Cl)cc4)c(=O)n(C)c3nc2n1C1CCCC1. The maximum atomic E-state index is 13.3. The fraction of sp³-hybridized carbons (Fsp3) is 0.381.